The Morgan fingerprint density at radius 1 is 0.900 bits per heavy atom. The van der Waals surface area contributed by atoms with Crippen LogP contribution < -0.4 is 10.5 Å². The molecule has 2 aromatic heterocycles. The highest BCUT2D eigenvalue weighted by molar-refractivity contribution is 6.24. The first-order valence-electron chi connectivity index (χ1n) is 6.31. The molecule has 0 atom stereocenters. The predicted molar refractivity (Wildman–Crippen MR) is 79.2 cm³/mol. The van der Waals surface area contributed by atoms with Crippen LogP contribution in [0.2, 0.25) is 0 Å². The van der Waals surface area contributed by atoms with Gasteiger partial charge in [0, 0.05) is 21.5 Å². The van der Waals surface area contributed by atoms with E-state index in [2.05, 4.69) is 15.0 Å². The summed E-state index contributed by atoms with van der Waals surface area (Å²) in [6.07, 6.45) is 0. The summed E-state index contributed by atoms with van der Waals surface area (Å²) in [5.41, 5.74) is 7.87. The van der Waals surface area contributed by atoms with Crippen LogP contribution in [-0.4, -0.2) is 22.1 Å². The van der Waals surface area contributed by atoms with E-state index in [1.54, 1.807) is 7.11 Å². The van der Waals surface area contributed by atoms with E-state index in [0.29, 0.717) is 11.7 Å². The van der Waals surface area contributed by atoms with Crippen molar-refractivity contribution in [3.05, 3.63) is 30.1 Å². The van der Waals surface area contributed by atoms with Crippen molar-refractivity contribution in [2.45, 2.75) is 6.92 Å². The molecule has 5 nitrogen and oxygen atoms in total. The average Bonchev–Trinajstić information content (AvgIpc) is 2.45. The molecule has 2 aromatic carbocycles. The maximum atomic E-state index is 6.04. The molecule has 0 aliphatic rings. The minimum atomic E-state index is 0.462. The number of hydrogen-bond acceptors (Lipinski definition) is 5. The quantitative estimate of drug-likeness (QED) is 0.535. The molecule has 0 spiro atoms. The lowest BCUT2D eigenvalue weighted by Crippen LogP contribution is -1.99. The van der Waals surface area contributed by atoms with Crippen LogP contribution in [0.3, 0.4) is 0 Å². The fourth-order valence-corrected chi connectivity index (χ4v) is 2.80. The van der Waals surface area contributed by atoms with Gasteiger partial charge in [-0.3, -0.25) is 0 Å². The molecule has 0 radical (unpaired) electrons. The highest BCUT2D eigenvalue weighted by Gasteiger charge is 2.16. The standard InChI is InChI=1S/C15H12N4O/c1-7-17-10-5-3-8-12-9(15(20-2)19-14(8)16)4-6-11(18-7)13(10)12/h3-6H,1-2H3,(H2,16,19). The van der Waals surface area contributed by atoms with Gasteiger partial charge in [0.05, 0.1) is 18.1 Å². The number of ether oxygens (including phenoxy) is 1. The second kappa shape index (κ2) is 3.66. The zero-order valence-corrected chi connectivity index (χ0v) is 11.1. The highest BCUT2D eigenvalue weighted by atomic mass is 16.5. The molecule has 4 aromatic rings. The van der Waals surface area contributed by atoms with Gasteiger partial charge in [0.15, 0.2) is 0 Å². The number of nitrogen functional groups attached to an aromatic ring is 1. The smallest absolute Gasteiger partial charge is 0.223 e. The summed E-state index contributed by atoms with van der Waals surface area (Å²) < 4.78 is 5.34. The number of nitrogens with zero attached hydrogens (tertiary/aromatic N) is 3. The van der Waals surface area contributed by atoms with E-state index in [-0.39, 0.29) is 0 Å². The monoisotopic (exact) mass is 264 g/mol. The van der Waals surface area contributed by atoms with Gasteiger partial charge < -0.3 is 10.5 Å². The van der Waals surface area contributed by atoms with Crippen molar-refractivity contribution >= 4 is 38.4 Å². The summed E-state index contributed by atoms with van der Waals surface area (Å²) in [6.45, 7) is 1.89. The van der Waals surface area contributed by atoms with Gasteiger partial charge in [-0.1, -0.05) is 0 Å². The lowest BCUT2D eigenvalue weighted by molar-refractivity contribution is 0.404. The first kappa shape index (κ1) is 11.2. The Kier molecular flexibility index (Phi) is 2.04. The van der Waals surface area contributed by atoms with Crippen LogP contribution in [0.5, 0.6) is 5.88 Å². The number of rotatable bonds is 1. The number of nitrogens with two attached hydrogens (primary N) is 1. The number of pyridine rings is 1. The van der Waals surface area contributed by atoms with E-state index in [9.17, 15) is 0 Å². The summed E-state index contributed by atoms with van der Waals surface area (Å²) in [4.78, 5) is 13.3. The minimum Gasteiger partial charge on any atom is -0.480 e. The molecule has 5 heteroatoms. The van der Waals surface area contributed by atoms with Crippen molar-refractivity contribution in [2.24, 2.45) is 0 Å². The Hall–Kier alpha value is -2.69. The van der Waals surface area contributed by atoms with E-state index >= 15 is 0 Å². The summed E-state index contributed by atoms with van der Waals surface area (Å²) in [5.74, 6) is 1.75. The molecule has 0 unspecified atom stereocenters. The number of benzene rings is 2. The lowest BCUT2D eigenvalue weighted by Gasteiger charge is -2.13. The largest absolute Gasteiger partial charge is 0.480 e. The molecule has 0 fully saturated rings. The van der Waals surface area contributed by atoms with Gasteiger partial charge in [0.1, 0.15) is 11.6 Å². The topological polar surface area (TPSA) is 73.9 Å². The number of aryl methyl sites for hydroxylation is 1. The van der Waals surface area contributed by atoms with E-state index in [1.807, 2.05) is 31.2 Å². The van der Waals surface area contributed by atoms with Crippen LogP contribution >= 0.6 is 0 Å². The van der Waals surface area contributed by atoms with E-state index in [1.165, 1.54) is 0 Å². The van der Waals surface area contributed by atoms with Crippen molar-refractivity contribution in [3.63, 3.8) is 0 Å². The maximum absolute atomic E-state index is 6.04. The Morgan fingerprint density at radius 3 is 2.20 bits per heavy atom. The molecule has 0 bridgehead atoms. The van der Waals surface area contributed by atoms with Gasteiger partial charge in [-0.25, -0.2) is 9.97 Å². The molecule has 0 aliphatic carbocycles. The number of anilines is 1. The first-order chi connectivity index (χ1) is 9.69. The van der Waals surface area contributed by atoms with Crippen LogP contribution in [0.15, 0.2) is 24.3 Å². The van der Waals surface area contributed by atoms with Gasteiger partial charge in [-0.05, 0) is 31.2 Å². The van der Waals surface area contributed by atoms with E-state index in [0.717, 1.165) is 38.4 Å². The normalized spacial score (nSPS) is 11.7. The van der Waals surface area contributed by atoms with Crippen LogP contribution in [0.4, 0.5) is 5.82 Å². The fraction of sp³-hybridized carbons (Fsp3) is 0.133. The Balaban J connectivity index is 2.38. The fourth-order valence-electron chi connectivity index (χ4n) is 2.80. The van der Waals surface area contributed by atoms with Gasteiger partial charge in [0.25, 0.3) is 0 Å². The molecule has 0 aliphatic heterocycles. The van der Waals surface area contributed by atoms with Crippen molar-refractivity contribution in [3.8, 4) is 5.88 Å². The summed E-state index contributed by atoms with van der Waals surface area (Å²) in [7, 11) is 1.60. The zero-order valence-electron chi connectivity index (χ0n) is 11.1. The van der Waals surface area contributed by atoms with Crippen molar-refractivity contribution in [2.75, 3.05) is 12.8 Å². The Morgan fingerprint density at radius 2 is 1.55 bits per heavy atom. The Bertz CT molecular complexity index is 946. The third-order valence-corrected chi connectivity index (χ3v) is 3.60. The molecular formula is C15H12N4O. The first-order valence-corrected chi connectivity index (χ1v) is 6.31. The SMILES string of the molecule is COc1nc(N)c2ccc3nc(C)nc4ccc1c2c34. The molecule has 2 heterocycles. The second-order valence-electron chi connectivity index (χ2n) is 4.79. The van der Waals surface area contributed by atoms with Crippen molar-refractivity contribution < 1.29 is 4.74 Å². The van der Waals surface area contributed by atoms with Crippen LogP contribution in [-0.2, 0) is 0 Å². The predicted octanol–water partition coefficient (Wildman–Crippen LogP) is 2.67. The van der Waals surface area contributed by atoms with Gasteiger partial charge in [0.2, 0.25) is 5.88 Å². The summed E-state index contributed by atoms with van der Waals surface area (Å²) in [6, 6.07) is 7.86. The van der Waals surface area contributed by atoms with Gasteiger partial charge in [-0.2, -0.15) is 4.98 Å². The third-order valence-electron chi connectivity index (χ3n) is 3.60. The molecule has 0 saturated heterocycles. The molecule has 0 amide bonds. The second-order valence-corrected chi connectivity index (χ2v) is 4.79. The zero-order chi connectivity index (χ0) is 13.9. The van der Waals surface area contributed by atoms with Crippen molar-refractivity contribution in [1.29, 1.82) is 0 Å². The summed E-state index contributed by atoms with van der Waals surface area (Å²) >= 11 is 0. The molecule has 0 saturated carbocycles. The van der Waals surface area contributed by atoms with E-state index in [4.69, 9.17) is 10.5 Å². The highest BCUT2D eigenvalue weighted by Crippen LogP contribution is 2.38. The van der Waals surface area contributed by atoms with Gasteiger partial charge in [-0.15, -0.1) is 0 Å². The summed E-state index contributed by atoms with van der Waals surface area (Å²) in [5, 5.41) is 3.87. The number of hydrogen-bond donors (Lipinski definition) is 1. The van der Waals surface area contributed by atoms with E-state index < -0.39 is 0 Å². The lowest BCUT2D eigenvalue weighted by atomic mass is 10.00. The third kappa shape index (κ3) is 1.29. The molecule has 20 heavy (non-hydrogen) atoms. The van der Waals surface area contributed by atoms with Gasteiger partial charge >= 0.3 is 0 Å². The molecule has 4 rings (SSSR count). The number of aromatic nitrogens is 3. The molecule has 2 N–H and O–H groups in total. The minimum absolute atomic E-state index is 0.462. The van der Waals surface area contributed by atoms with Crippen molar-refractivity contribution in [1.82, 2.24) is 15.0 Å². The molecular weight excluding hydrogens is 252 g/mol. The molecule has 98 valence electrons. The Labute approximate surface area is 114 Å². The number of methoxy groups -OCH3 is 1. The van der Waals surface area contributed by atoms with Crippen LogP contribution in [0.1, 0.15) is 5.82 Å². The average molecular weight is 264 g/mol. The van der Waals surface area contributed by atoms with Crippen LogP contribution in [0, 0.1) is 6.92 Å². The maximum Gasteiger partial charge on any atom is 0.223 e. The van der Waals surface area contributed by atoms with Crippen LogP contribution in [0.25, 0.3) is 32.6 Å².